The lowest BCUT2D eigenvalue weighted by atomic mass is 9.79. The number of nitrogens with zero attached hydrogens (tertiary/aromatic N) is 3. The molecule has 1 saturated carbocycles. The zero-order valence-corrected chi connectivity index (χ0v) is 15.3. The molecule has 0 amide bonds. The van der Waals surface area contributed by atoms with Crippen LogP contribution in [0.15, 0.2) is 59.6 Å². The highest BCUT2D eigenvalue weighted by Crippen LogP contribution is 2.38. The summed E-state index contributed by atoms with van der Waals surface area (Å²) in [5.74, 6) is 0.861. The summed E-state index contributed by atoms with van der Waals surface area (Å²) in [6, 6.07) is 20.0. The van der Waals surface area contributed by atoms with Crippen molar-refractivity contribution in [2.75, 3.05) is 6.54 Å². The van der Waals surface area contributed by atoms with Crippen molar-refractivity contribution < 1.29 is 0 Å². The van der Waals surface area contributed by atoms with Crippen LogP contribution in [0.3, 0.4) is 0 Å². The minimum absolute atomic E-state index is 0.0479. The molecular formula is C23H27N3. The fraction of sp³-hybridized carbons (Fsp3) is 0.435. The third-order valence-electron chi connectivity index (χ3n) is 6.33. The maximum atomic E-state index is 5.16. The van der Waals surface area contributed by atoms with E-state index in [2.05, 4.69) is 70.8 Å². The van der Waals surface area contributed by atoms with E-state index in [9.17, 15) is 0 Å². The zero-order valence-electron chi connectivity index (χ0n) is 15.3. The van der Waals surface area contributed by atoms with Crippen molar-refractivity contribution in [2.45, 2.75) is 50.7 Å². The number of fused-ring (bicyclic) bond motifs is 2. The minimum atomic E-state index is 0.0479. The van der Waals surface area contributed by atoms with Crippen LogP contribution >= 0.6 is 0 Å². The number of piperidine rings is 1. The fourth-order valence-electron chi connectivity index (χ4n) is 5.07. The summed E-state index contributed by atoms with van der Waals surface area (Å²) in [6.07, 6.45) is 10.6. The molecule has 2 heterocycles. The van der Waals surface area contributed by atoms with Crippen LogP contribution in [0.1, 0.15) is 50.3 Å². The van der Waals surface area contributed by atoms with Crippen molar-refractivity contribution in [1.29, 1.82) is 0 Å². The molecule has 1 aliphatic carbocycles. The number of para-hydroxylation sites is 1. The lowest BCUT2D eigenvalue weighted by molar-refractivity contribution is -0.0904. The number of hydrogen-bond acceptors (Lipinski definition) is 3. The summed E-state index contributed by atoms with van der Waals surface area (Å²) >= 11 is 0. The molecule has 26 heavy (non-hydrogen) atoms. The van der Waals surface area contributed by atoms with Gasteiger partial charge in [-0.05, 0) is 43.2 Å². The predicted octanol–water partition coefficient (Wildman–Crippen LogP) is 3.63. The Morgan fingerprint density at radius 2 is 1.58 bits per heavy atom. The monoisotopic (exact) mass is 345 g/mol. The topological polar surface area (TPSA) is 18.8 Å². The van der Waals surface area contributed by atoms with Crippen molar-refractivity contribution in [3.05, 3.63) is 70.7 Å². The summed E-state index contributed by atoms with van der Waals surface area (Å²) < 4.78 is 0. The SMILES string of the molecule is C1=c2ccccc2=NC(c2ccccc2)N1N1CCCC2CCCCC21. The van der Waals surface area contributed by atoms with Gasteiger partial charge in [-0.15, -0.1) is 0 Å². The molecule has 2 aromatic carbocycles. The minimum Gasteiger partial charge on any atom is -0.284 e. The first-order valence-corrected chi connectivity index (χ1v) is 10.1. The van der Waals surface area contributed by atoms with Crippen LogP contribution in [0.5, 0.6) is 0 Å². The van der Waals surface area contributed by atoms with Crippen LogP contribution in [0.25, 0.3) is 6.20 Å². The van der Waals surface area contributed by atoms with Gasteiger partial charge in [-0.3, -0.25) is 10.0 Å². The van der Waals surface area contributed by atoms with E-state index >= 15 is 0 Å². The molecule has 0 radical (unpaired) electrons. The second-order valence-electron chi connectivity index (χ2n) is 7.90. The molecule has 3 aliphatic rings. The maximum absolute atomic E-state index is 5.16. The summed E-state index contributed by atoms with van der Waals surface area (Å²) in [5.41, 5.74) is 1.27. The van der Waals surface area contributed by atoms with Crippen LogP contribution in [0, 0.1) is 5.92 Å². The zero-order chi connectivity index (χ0) is 17.3. The molecule has 1 saturated heterocycles. The summed E-state index contributed by atoms with van der Waals surface area (Å²) in [4.78, 5) is 5.16. The number of benzene rings is 2. The molecule has 2 fully saturated rings. The van der Waals surface area contributed by atoms with Crippen molar-refractivity contribution >= 4 is 6.20 Å². The third kappa shape index (κ3) is 2.84. The summed E-state index contributed by atoms with van der Waals surface area (Å²) in [5, 5.41) is 7.46. The van der Waals surface area contributed by atoms with E-state index in [1.807, 2.05) is 0 Å². The number of hydrazine groups is 1. The molecule has 5 rings (SSSR count). The maximum Gasteiger partial charge on any atom is 0.161 e. The first-order valence-electron chi connectivity index (χ1n) is 10.1. The third-order valence-corrected chi connectivity index (χ3v) is 6.33. The van der Waals surface area contributed by atoms with E-state index in [1.165, 1.54) is 49.3 Å². The Hall–Kier alpha value is -2.13. The normalized spacial score (nSPS) is 28.5. The molecule has 0 aromatic heterocycles. The Kier molecular flexibility index (Phi) is 4.25. The Labute approximate surface area is 155 Å². The predicted molar refractivity (Wildman–Crippen MR) is 104 cm³/mol. The van der Waals surface area contributed by atoms with E-state index in [-0.39, 0.29) is 6.17 Å². The summed E-state index contributed by atoms with van der Waals surface area (Å²) in [7, 11) is 0. The van der Waals surface area contributed by atoms with Crippen LogP contribution in [0.4, 0.5) is 0 Å². The van der Waals surface area contributed by atoms with Gasteiger partial charge in [0, 0.05) is 24.0 Å². The van der Waals surface area contributed by atoms with Gasteiger partial charge >= 0.3 is 0 Å². The molecule has 3 nitrogen and oxygen atoms in total. The Morgan fingerprint density at radius 1 is 0.808 bits per heavy atom. The molecule has 3 unspecified atom stereocenters. The second kappa shape index (κ2) is 6.88. The molecule has 0 N–H and O–H groups in total. The Morgan fingerprint density at radius 3 is 2.50 bits per heavy atom. The lowest BCUT2D eigenvalue weighted by Gasteiger charge is -2.50. The fourth-order valence-corrected chi connectivity index (χ4v) is 5.07. The van der Waals surface area contributed by atoms with E-state index in [0.717, 1.165) is 17.8 Å². The smallest absolute Gasteiger partial charge is 0.161 e. The van der Waals surface area contributed by atoms with Gasteiger partial charge in [0.15, 0.2) is 6.17 Å². The largest absolute Gasteiger partial charge is 0.284 e. The highest BCUT2D eigenvalue weighted by molar-refractivity contribution is 5.30. The van der Waals surface area contributed by atoms with E-state index in [0.29, 0.717) is 6.04 Å². The highest BCUT2D eigenvalue weighted by atomic mass is 15.7. The highest BCUT2D eigenvalue weighted by Gasteiger charge is 2.38. The molecule has 2 aromatic rings. The molecular weight excluding hydrogens is 318 g/mol. The lowest BCUT2D eigenvalue weighted by Crippen LogP contribution is -2.56. The van der Waals surface area contributed by atoms with Crippen LogP contribution in [0.2, 0.25) is 0 Å². The van der Waals surface area contributed by atoms with Crippen LogP contribution in [-0.4, -0.2) is 22.6 Å². The average Bonchev–Trinajstić information content (AvgIpc) is 2.73. The molecule has 2 aliphatic heterocycles. The van der Waals surface area contributed by atoms with Crippen LogP contribution < -0.4 is 10.6 Å². The Bertz CT molecular complexity index is 874. The molecule has 3 atom stereocenters. The number of hydrogen-bond donors (Lipinski definition) is 0. The Balaban J connectivity index is 1.59. The van der Waals surface area contributed by atoms with E-state index < -0.39 is 0 Å². The number of rotatable bonds is 2. The van der Waals surface area contributed by atoms with Gasteiger partial charge in [-0.2, -0.15) is 0 Å². The molecule has 0 bridgehead atoms. The quantitative estimate of drug-likeness (QED) is 0.828. The molecule has 3 heteroatoms. The first kappa shape index (κ1) is 16.1. The second-order valence-corrected chi connectivity index (χ2v) is 7.90. The molecule has 134 valence electrons. The van der Waals surface area contributed by atoms with E-state index in [4.69, 9.17) is 4.99 Å². The van der Waals surface area contributed by atoms with Crippen molar-refractivity contribution in [1.82, 2.24) is 10.0 Å². The van der Waals surface area contributed by atoms with Crippen LogP contribution in [-0.2, 0) is 0 Å². The first-order chi connectivity index (χ1) is 12.9. The van der Waals surface area contributed by atoms with Gasteiger partial charge in [0.2, 0.25) is 0 Å². The molecule has 0 spiro atoms. The van der Waals surface area contributed by atoms with Crippen molar-refractivity contribution in [3.63, 3.8) is 0 Å². The van der Waals surface area contributed by atoms with Gasteiger partial charge in [-0.1, -0.05) is 61.4 Å². The van der Waals surface area contributed by atoms with Gasteiger partial charge in [0.25, 0.3) is 0 Å². The van der Waals surface area contributed by atoms with Gasteiger partial charge in [-0.25, -0.2) is 5.01 Å². The van der Waals surface area contributed by atoms with Crippen molar-refractivity contribution in [3.8, 4) is 0 Å². The average molecular weight is 345 g/mol. The standard InChI is InChI=1S/C23H27N3/c1-2-10-19(11-3-1)23-24-21-14-6-4-12-20(21)17-26(23)25-16-8-13-18-9-5-7-15-22(18)25/h1-4,6,10-12,14,17-18,22-23H,5,7-9,13,15-16H2. The van der Waals surface area contributed by atoms with Gasteiger partial charge in [0.1, 0.15) is 0 Å². The van der Waals surface area contributed by atoms with E-state index in [1.54, 1.807) is 0 Å². The van der Waals surface area contributed by atoms with Gasteiger partial charge < -0.3 is 0 Å². The van der Waals surface area contributed by atoms with Crippen molar-refractivity contribution in [2.24, 2.45) is 10.9 Å². The van der Waals surface area contributed by atoms with Gasteiger partial charge in [0.05, 0.1) is 5.36 Å². The summed E-state index contributed by atoms with van der Waals surface area (Å²) in [6.45, 7) is 1.15.